The number of halogens is 1. The Morgan fingerprint density at radius 1 is 1.04 bits per heavy atom. The van der Waals surface area contributed by atoms with Crippen LogP contribution in [0.1, 0.15) is 24.2 Å². The second-order valence-corrected chi connectivity index (χ2v) is 6.65. The first kappa shape index (κ1) is 18.7. The van der Waals surface area contributed by atoms with E-state index in [1.165, 1.54) is 6.20 Å². The normalized spacial score (nSPS) is 10.5. The average molecular weight is 382 g/mol. The number of anilines is 3. The monoisotopic (exact) mass is 381 g/mol. The van der Waals surface area contributed by atoms with Crippen LogP contribution in [0.5, 0.6) is 5.75 Å². The molecule has 0 spiro atoms. The molecule has 0 fully saturated rings. The lowest BCUT2D eigenvalue weighted by Gasteiger charge is -2.15. The van der Waals surface area contributed by atoms with Crippen molar-refractivity contribution in [1.82, 2.24) is 4.98 Å². The molecule has 0 saturated heterocycles. The predicted molar refractivity (Wildman–Crippen MR) is 109 cm³/mol. The third-order valence-corrected chi connectivity index (χ3v) is 3.88. The third kappa shape index (κ3) is 5.21. The summed E-state index contributed by atoms with van der Waals surface area (Å²) in [5, 5.41) is 6.74. The molecular formula is C21H20ClN3O2. The summed E-state index contributed by atoms with van der Waals surface area (Å²) in [7, 11) is 0. The van der Waals surface area contributed by atoms with E-state index in [2.05, 4.69) is 15.6 Å². The number of aromatic nitrogens is 1. The molecular weight excluding hydrogens is 362 g/mol. The van der Waals surface area contributed by atoms with Gasteiger partial charge in [0.25, 0.3) is 5.91 Å². The van der Waals surface area contributed by atoms with Crippen LogP contribution < -0.4 is 15.4 Å². The van der Waals surface area contributed by atoms with E-state index in [1.807, 2.05) is 44.2 Å². The van der Waals surface area contributed by atoms with Gasteiger partial charge in [-0.2, -0.15) is 0 Å². The molecule has 0 saturated carbocycles. The van der Waals surface area contributed by atoms with Crippen molar-refractivity contribution in [3.63, 3.8) is 0 Å². The fourth-order valence-corrected chi connectivity index (χ4v) is 2.58. The number of para-hydroxylation sites is 2. The van der Waals surface area contributed by atoms with Gasteiger partial charge in [0.2, 0.25) is 0 Å². The van der Waals surface area contributed by atoms with E-state index in [-0.39, 0.29) is 12.0 Å². The Hall–Kier alpha value is -3.05. The number of rotatable bonds is 6. The zero-order chi connectivity index (χ0) is 19.2. The molecule has 0 atom stereocenters. The maximum absolute atomic E-state index is 12.6. The van der Waals surface area contributed by atoms with Gasteiger partial charge in [0.05, 0.1) is 29.2 Å². The molecule has 1 aromatic heterocycles. The van der Waals surface area contributed by atoms with Gasteiger partial charge in [-0.3, -0.25) is 9.78 Å². The van der Waals surface area contributed by atoms with Crippen molar-refractivity contribution in [2.75, 3.05) is 10.6 Å². The molecule has 0 aliphatic carbocycles. The molecule has 2 N–H and O–H groups in total. The molecule has 0 unspecified atom stereocenters. The van der Waals surface area contributed by atoms with Crippen LogP contribution >= 0.6 is 11.6 Å². The molecule has 5 nitrogen and oxygen atoms in total. The van der Waals surface area contributed by atoms with Gasteiger partial charge < -0.3 is 15.4 Å². The highest BCUT2D eigenvalue weighted by Crippen LogP contribution is 2.26. The van der Waals surface area contributed by atoms with Crippen LogP contribution in [0, 0.1) is 0 Å². The maximum Gasteiger partial charge on any atom is 0.257 e. The molecule has 1 amide bonds. The number of carbonyl (C=O) groups excluding carboxylic acids is 1. The zero-order valence-electron chi connectivity index (χ0n) is 15.1. The Labute approximate surface area is 163 Å². The maximum atomic E-state index is 12.6. The summed E-state index contributed by atoms with van der Waals surface area (Å²) in [6.45, 7) is 3.88. The standard InChI is InChI=1S/C21H20ClN3O2/c1-14(2)27-20-6-4-3-5-19(20)25-21(26)15-11-18(13-23-12-15)24-17-9-7-16(22)8-10-17/h3-14,24H,1-2H3,(H,25,26). The van der Waals surface area contributed by atoms with Gasteiger partial charge in [0.15, 0.2) is 0 Å². The Balaban J connectivity index is 1.75. The molecule has 27 heavy (non-hydrogen) atoms. The first-order chi connectivity index (χ1) is 13.0. The lowest BCUT2D eigenvalue weighted by molar-refractivity contribution is 0.102. The number of amides is 1. The van der Waals surface area contributed by atoms with Crippen LogP contribution in [0.25, 0.3) is 0 Å². The molecule has 3 rings (SSSR count). The van der Waals surface area contributed by atoms with Crippen molar-refractivity contribution in [3.05, 3.63) is 77.6 Å². The van der Waals surface area contributed by atoms with E-state index in [0.717, 1.165) is 5.69 Å². The average Bonchev–Trinajstić information content (AvgIpc) is 2.65. The number of ether oxygens (including phenoxy) is 1. The molecule has 2 aromatic carbocycles. The Kier molecular flexibility index (Phi) is 5.94. The van der Waals surface area contributed by atoms with E-state index in [9.17, 15) is 4.79 Å². The Morgan fingerprint density at radius 3 is 2.52 bits per heavy atom. The van der Waals surface area contributed by atoms with Crippen molar-refractivity contribution in [2.24, 2.45) is 0 Å². The highest BCUT2D eigenvalue weighted by atomic mass is 35.5. The predicted octanol–water partition coefficient (Wildman–Crippen LogP) is 5.52. The number of hydrogen-bond acceptors (Lipinski definition) is 4. The molecule has 0 bridgehead atoms. The molecule has 0 radical (unpaired) electrons. The van der Waals surface area contributed by atoms with Crippen molar-refractivity contribution in [3.8, 4) is 5.75 Å². The number of pyridine rings is 1. The summed E-state index contributed by atoms with van der Waals surface area (Å²) in [6, 6.07) is 16.4. The van der Waals surface area contributed by atoms with Gasteiger partial charge in [-0.25, -0.2) is 0 Å². The summed E-state index contributed by atoms with van der Waals surface area (Å²) in [4.78, 5) is 16.8. The quantitative estimate of drug-likeness (QED) is 0.590. The van der Waals surface area contributed by atoms with E-state index in [0.29, 0.717) is 27.7 Å². The first-order valence-corrected chi connectivity index (χ1v) is 8.94. The number of nitrogens with one attached hydrogen (secondary N) is 2. The minimum atomic E-state index is -0.262. The van der Waals surface area contributed by atoms with E-state index >= 15 is 0 Å². The van der Waals surface area contributed by atoms with Crippen molar-refractivity contribution >= 4 is 34.6 Å². The van der Waals surface area contributed by atoms with Crippen LogP contribution in [0.4, 0.5) is 17.1 Å². The van der Waals surface area contributed by atoms with Gasteiger partial charge in [-0.1, -0.05) is 23.7 Å². The van der Waals surface area contributed by atoms with Crippen LogP contribution in [0.2, 0.25) is 5.02 Å². The lowest BCUT2D eigenvalue weighted by atomic mass is 10.2. The van der Waals surface area contributed by atoms with Crippen LogP contribution in [-0.4, -0.2) is 17.0 Å². The van der Waals surface area contributed by atoms with E-state index in [1.54, 1.807) is 30.5 Å². The van der Waals surface area contributed by atoms with Crippen LogP contribution in [0.15, 0.2) is 67.0 Å². The van der Waals surface area contributed by atoms with Crippen molar-refractivity contribution in [1.29, 1.82) is 0 Å². The van der Waals surface area contributed by atoms with Gasteiger partial charge in [-0.05, 0) is 56.3 Å². The largest absolute Gasteiger partial charge is 0.489 e. The SMILES string of the molecule is CC(C)Oc1ccccc1NC(=O)c1cncc(Nc2ccc(Cl)cc2)c1. The molecule has 138 valence electrons. The third-order valence-electron chi connectivity index (χ3n) is 3.63. The second-order valence-electron chi connectivity index (χ2n) is 6.21. The number of benzene rings is 2. The lowest BCUT2D eigenvalue weighted by Crippen LogP contribution is -2.15. The summed E-state index contributed by atoms with van der Waals surface area (Å²) in [5.74, 6) is 0.367. The topological polar surface area (TPSA) is 63.2 Å². The minimum absolute atomic E-state index is 0.0108. The Bertz CT molecular complexity index is 927. The van der Waals surface area contributed by atoms with Crippen molar-refractivity contribution in [2.45, 2.75) is 20.0 Å². The smallest absolute Gasteiger partial charge is 0.257 e. The zero-order valence-corrected chi connectivity index (χ0v) is 15.8. The second kappa shape index (κ2) is 8.56. The fourth-order valence-electron chi connectivity index (χ4n) is 2.45. The van der Waals surface area contributed by atoms with Gasteiger partial charge in [-0.15, -0.1) is 0 Å². The van der Waals surface area contributed by atoms with Gasteiger partial charge >= 0.3 is 0 Å². The van der Waals surface area contributed by atoms with E-state index in [4.69, 9.17) is 16.3 Å². The Morgan fingerprint density at radius 2 is 1.78 bits per heavy atom. The first-order valence-electron chi connectivity index (χ1n) is 8.56. The van der Waals surface area contributed by atoms with E-state index < -0.39 is 0 Å². The van der Waals surface area contributed by atoms with Crippen LogP contribution in [-0.2, 0) is 0 Å². The number of hydrogen-bond donors (Lipinski definition) is 2. The van der Waals surface area contributed by atoms with Gasteiger partial charge in [0, 0.05) is 16.9 Å². The highest BCUT2D eigenvalue weighted by molar-refractivity contribution is 6.30. The molecule has 0 aliphatic heterocycles. The number of nitrogens with zero attached hydrogens (tertiary/aromatic N) is 1. The summed E-state index contributed by atoms with van der Waals surface area (Å²) < 4.78 is 5.74. The van der Waals surface area contributed by atoms with Crippen molar-refractivity contribution < 1.29 is 9.53 Å². The summed E-state index contributed by atoms with van der Waals surface area (Å²) in [6.07, 6.45) is 3.19. The highest BCUT2D eigenvalue weighted by Gasteiger charge is 2.12. The number of carbonyl (C=O) groups is 1. The molecule has 6 heteroatoms. The summed E-state index contributed by atoms with van der Waals surface area (Å²) in [5.41, 5.74) is 2.62. The van der Waals surface area contributed by atoms with Gasteiger partial charge in [0.1, 0.15) is 5.75 Å². The fraction of sp³-hybridized carbons (Fsp3) is 0.143. The van der Waals surface area contributed by atoms with Crippen LogP contribution in [0.3, 0.4) is 0 Å². The molecule has 0 aliphatic rings. The summed E-state index contributed by atoms with van der Waals surface area (Å²) >= 11 is 5.90. The molecule has 1 heterocycles. The molecule has 3 aromatic rings. The minimum Gasteiger partial charge on any atom is -0.489 e.